The lowest BCUT2D eigenvalue weighted by Gasteiger charge is -2.09. The Morgan fingerprint density at radius 3 is 2.09 bits per heavy atom. The first kappa shape index (κ1) is 16.5. The average molecular weight is 333 g/mol. The van der Waals surface area contributed by atoms with Crippen LogP contribution in [0.1, 0.15) is 5.56 Å². The lowest BCUT2D eigenvalue weighted by molar-refractivity contribution is 0.236. The van der Waals surface area contributed by atoms with Crippen molar-refractivity contribution >= 4 is 27.8 Å². The number of para-hydroxylation sites is 1. The molecule has 0 fully saturated rings. The highest BCUT2D eigenvalue weighted by molar-refractivity contribution is 7.90. The molecule has 0 radical (unpaired) electrons. The summed E-state index contributed by atoms with van der Waals surface area (Å²) in [6.07, 6.45) is 0. The molecule has 8 heteroatoms. The smallest absolute Gasteiger partial charge is 0.308 e. The zero-order chi connectivity index (χ0) is 16.9. The van der Waals surface area contributed by atoms with Crippen LogP contribution < -0.4 is 15.4 Å². The number of urea groups is 2. The van der Waals surface area contributed by atoms with Crippen LogP contribution in [-0.4, -0.2) is 20.5 Å². The molecular formula is C15H15N3O4S. The molecule has 0 atom stereocenters. The maximum Gasteiger partial charge on any atom is 0.336 e. The Balaban J connectivity index is 1.96. The van der Waals surface area contributed by atoms with Crippen molar-refractivity contribution in [3.8, 4) is 0 Å². The summed E-state index contributed by atoms with van der Waals surface area (Å²) < 4.78 is 25.8. The van der Waals surface area contributed by atoms with Crippen LogP contribution in [0.2, 0.25) is 0 Å². The molecule has 7 nitrogen and oxygen atoms in total. The van der Waals surface area contributed by atoms with Gasteiger partial charge in [-0.05, 0) is 31.2 Å². The topological polar surface area (TPSA) is 104 Å². The minimum atomic E-state index is -4.04. The number of hydrogen-bond acceptors (Lipinski definition) is 4. The predicted molar refractivity (Wildman–Crippen MR) is 85.5 cm³/mol. The molecule has 4 amide bonds. The van der Waals surface area contributed by atoms with Crippen molar-refractivity contribution in [1.29, 1.82) is 0 Å². The zero-order valence-corrected chi connectivity index (χ0v) is 13.1. The fraction of sp³-hybridized carbons (Fsp3) is 0.0667. The number of amides is 4. The van der Waals surface area contributed by atoms with Gasteiger partial charge < -0.3 is 5.32 Å². The van der Waals surface area contributed by atoms with Crippen LogP contribution in [0.15, 0.2) is 59.5 Å². The molecule has 0 bridgehead atoms. The Morgan fingerprint density at radius 2 is 1.48 bits per heavy atom. The van der Waals surface area contributed by atoms with E-state index in [4.69, 9.17) is 0 Å². The van der Waals surface area contributed by atoms with Crippen molar-refractivity contribution in [3.63, 3.8) is 0 Å². The molecule has 0 aliphatic carbocycles. The van der Waals surface area contributed by atoms with Crippen LogP contribution in [0.5, 0.6) is 0 Å². The molecule has 0 aromatic heterocycles. The number of imide groups is 1. The van der Waals surface area contributed by atoms with Crippen LogP contribution in [0.25, 0.3) is 0 Å². The number of carbonyl (C=O) groups is 2. The molecule has 2 aromatic carbocycles. The van der Waals surface area contributed by atoms with E-state index in [1.54, 1.807) is 47.2 Å². The number of nitrogens with one attached hydrogen (secondary N) is 3. The normalized spacial score (nSPS) is 10.7. The first-order valence-corrected chi connectivity index (χ1v) is 8.12. The quantitative estimate of drug-likeness (QED) is 0.801. The fourth-order valence-electron chi connectivity index (χ4n) is 1.71. The number of carbonyl (C=O) groups excluding carboxylic acids is 2. The molecule has 120 valence electrons. The van der Waals surface area contributed by atoms with Gasteiger partial charge >= 0.3 is 12.1 Å². The molecule has 0 spiro atoms. The van der Waals surface area contributed by atoms with Gasteiger partial charge in [0.1, 0.15) is 0 Å². The van der Waals surface area contributed by atoms with Crippen LogP contribution in [-0.2, 0) is 10.0 Å². The first-order valence-electron chi connectivity index (χ1n) is 6.63. The van der Waals surface area contributed by atoms with E-state index in [2.05, 4.69) is 5.32 Å². The lowest BCUT2D eigenvalue weighted by Crippen LogP contribution is -2.44. The summed E-state index contributed by atoms with van der Waals surface area (Å²) >= 11 is 0. The van der Waals surface area contributed by atoms with E-state index < -0.39 is 22.1 Å². The van der Waals surface area contributed by atoms with Gasteiger partial charge in [0.05, 0.1) is 4.90 Å². The fourth-order valence-corrected chi connectivity index (χ4v) is 2.62. The van der Waals surface area contributed by atoms with Gasteiger partial charge in [-0.25, -0.2) is 22.7 Å². The van der Waals surface area contributed by atoms with E-state index in [0.717, 1.165) is 5.56 Å². The third-order valence-electron chi connectivity index (χ3n) is 2.82. The number of hydrogen-bond donors (Lipinski definition) is 3. The van der Waals surface area contributed by atoms with Crippen molar-refractivity contribution in [2.45, 2.75) is 11.8 Å². The molecule has 2 aromatic rings. The molecule has 0 unspecified atom stereocenters. The second kappa shape index (κ2) is 6.93. The summed E-state index contributed by atoms with van der Waals surface area (Å²) in [5, 5.41) is 4.29. The summed E-state index contributed by atoms with van der Waals surface area (Å²) in [7, 11) is -4.04. The molecule has 0 saturated carbocycles. The summed E-state index contributed by atoms with van der Waals surface area (Å²) in [5.41, 5.74) is 1.36. The van der Waals surface area contributed by atoms with E-state index in [1.807, 2.05) is 12.2 Å². The van der Waals surface area contributed by atoms with Gasteiger partial charge in [0.2, 0.25) is 0 Å². The number of benzene rings is 2. The largest absolute Gasteiger partial charge is 0.336 e. The summed E-state index contributed by atoms with van der Waals surface area (Å²) in [6, 6.07) is 12.4. The first-order chi connectivity index (χ1) is 10.9. The Hall–Kier alpha value is -2.87. The van der Waals surface area contributed by atoms with Crippen molar-refractivity contribution in [1.82, 2.24) is 10.0 Å². The third kappa shape index (κ3) is 4.82. The van der Waals surface area contributed by atoms with E-state index in [0.29, 0.717) is 5.69 Å². The van der Waals surface area contributed by atoms with E-state index in [9.17, 15) is 18.0 Å². The van der Waals surface area contributed by atoms with Crippen molar-refractivity contribution in [2.24, 2.45) is 0 Å². The number of aryl methyl sites for hydroxylation is 1. The standard InChI is InChI=1S/C15H15N3O4S/c1-11-7-9-13(10-8-11)23(21,22)18-15(20)17-14(19)16-12-5-3-2-4-6-12/h2-10H,1H3,(H3,16,17,18,19,20). The Labute approximate surface area is 133 Å². The second-order valence-electron chi connectivity index (χ2n) is 4.69. The Kier molecular flexibility index (Phi) is 4.97. The van der Waals surface area contributed by atoms with Crippen LogP contribution in [0.4, 0.5) is 15.3 Å². The zero-order valence-electron chi connectivity index (χ0n) is 12.2. The van der Waals surface area contributed by atoms with Crippen molar-refractivity contribution < 1.29 is 18.0 Å². The van der Waals surface area contributed by atoms with Gasteiger partial charge in [-0.3, -0.25) is 5.32 Å². The molecule has 2 rings (SSSR count). The van der Waals surface area contributed by atoms with Gasteiger partial charge in [0.15, 0.2) is 0 Å². The van der Waals surface area contributed by atoms with E-state index >= 15 is 0 Å². The summed E-state index contributed by atoms with van der Waals surface area (Å²) in [5.74, 6) is 0. The molecular weight excluding hydrogens is 318 g/mol. The highest BCUT2D eigenvalue weighted by atomic mass is 32.2. The number of rotatable bonds is 3. The van der Waals surface area contributed by atoms with E-state index in [1.165, 1.54) is 12.1 Å². The predicted octanol–water partition coefficient (Wildman–Crippen LogP) is 2.22. The second-order valence-corrected chi connectivity index (χ2v) is 6.38. The highest BCUT2D eigenvalue weighted by Crippen LogP contribution is 2.09. The van der Waals surface area contributed by atoms with Gasteiger partial charge in [-0.2, -0.15) is 0 Å². The Morgan fingerprint density at radius 1 is 0.870 bits per heavy atom. The minimum Gasteiger partial charge on any atom is -0.308 e. The summed E-state index contributed by atoms with van der Waals surface area (Å²) in [4.78, 5) is 23.2. The van der Waals surface area contributed by atoms with Gasteiger partial charge in [0.25, 0.3) is 10.0 Å². The van der Waals surface area contributed by atoms with Gasteiger partial charge in [-0.1, -0.05) is 35.9 Å². The number of anilines is 1. The molecule has 0 saturated heterocycles. The average Bonchev–Trinajstić information content (AvgIpc) is 2.47. The van der Waals surface area contributed by atoms with Crippen molar-refractivity contribution in [3.05, 3.63) is 60.2 Å². The maximum absolute atomic E-state index is 12.0. The minimum absolute atomic E-state index is 0.0679. The molecule has 0 aliphatic heterocycles. The van der Waals surface area contributed by atoms with Crippen LogP contribution >= 0.6 is 0 Å². The van der Waals surface area contributed by atoms with Gasteiger partial charge in [-0.15, -0.1) is 0 Å². The molecule has 0 aliphatic rings. The van der Waals surface area contributed by atoms with Crippen LogP contribution in [0.3, 0.4) is 0 Å². The van der Waals surface area contributed by atoms with Crippen LogP contribution in [0, 0.1) is 6.92 Å². The lowest BCUT2D eigenvalue weighted by atomic mass is 10.2. The maximum atomic E-state index is 12.0. The van der Waals surface area contributed by atoms with E-state index in [-0.39, 0.29) is 4.90 Å². The Bertz CT molecular complexity index is 802. The number of sulfonamides is 1. The summed E-state index contributed by atoms with van der Waals surface area (Å²) in [6.45, 7) is 1.81. The molecule has 3 N–H and O–H groups in total. The highest BCUT2D eigenvalue weighted by Gasteiger charge is 2.18. The molecule has 23 heavy (non-hydrogen) atoms. The third-order valence-corrected chi connectivity index (χ3v) is 4.16. The molecule has 0 heterocycles. The monoisotopic (exact) mass is 333 g/mol. The SMILES string of the molecule is Cc1ccc(S(=O)(=O)NC(=O)NC(=O)Nc2ccccc2)cc1. The van der Waals surface area contributed by atoms with Crippen molar-refractivity contribution in [2.75, 3.05) is 5.32 Å². The van der Waals surface area contributed by atoms with Gasteiger partial charge in [0, 0.05) is 5.69 Å².